The Balaban J connectivity index is 2.48. The van der Waals surface area contributed by atoms with E-state index in [1.54, 1.807) is 0 Å². The van der Waals surface area contributed by atoms with Crippen LogP contribution in [-0.2, 0) is 4.74 Å². The van der Waals surface area contributed by atoms with E-state index < -0.39 is 4.92 Å². The fourth-order valence-corrected chi connectivity index (χ4v) is 2.15. The number of nitro groups is 1. The number of pyridine rings is 1. The van der Waals surface area contributed by atoms with Gasteiger partial charge in [-0.2, -0.15) is 0 Å². The molecule has 0 atom stereocenters. The SMILES string of the molecule is CC1(C)COCCN1c1nc(Cl)ccc1[N+](=O)[O-]. The molecule has 0 unspecified atom stereocenters. The molecular weight excluding hydrogens is 258 g/mol. The van der Waals surface area contributed by atoms with Crippen molar-refractivity contribution >= 4 is 23.1 Å². The molecule has 0 aromatic carbocycles. The summed E-state index contributed by atoms with van der Waals surface area (Å²) < 4.78 is 5.39. The van der Waals surface area contributed by atoms with Crippen molar-refractivity contribution in [1.29, 1.82) is 0 Å². The summed E-state index contributed by atoms with van der Waals surface area (Å²) in [6.45, 7) is 5.49. The Bertz CT molecular complexity index is 479. The van der Waals surface area contributed by atoms with Crippen molar-refractivity contribution in [3.05, 3.63) is 27.4 Å². The van der Waals surface area contributed by atoms with Crippen molar-refractivity contribution in [2.45, 2.75) is 19.4 Å². The number of nitrogens with zero attached hydrogens (tertiary/aromatic N) is 3. The molecule has 1 aromatic heterocycles. The predicted octanol–water partition coefficient (Wildman–Crippen LogP) is 2.26. The molecule has 2 heterocycles. The minimum atomic E-state index is -0.440. The predicted molar refractivity (Wildman–Crippen MR) is 68.1 cm³/mol. The van der Waals surface area contributed by atoms with Gasteiger partial charge in [-0.15, -0.1) is 0 Å². The van der Waals surface area contributed by atoms with Gasteiger partial charge < -0.3 is 9.64 Å². The van der Waals surface area contributed by atoms with E-state index in [1.807, 2.05) is 18.7 Å². The Hall–Kier alpha value is -1.40. The minimum absolute atomic E-state index is 0.0330. The first-order valence-corrected chi connectivity index (χ1v) is 5.96. The van der Waals surface area contributed by atoms with Crippen LogP contribution in [0.3, 0.4) is 0 Å². The summed E-state index contributed by atoms with van der Waals surface area (Å²) in [4.78, 5) is 16.6. The summed E-state index contributed by atoms with van der Waals surface area (Å²) >= 11 is 5.84. The third-order valence-corrected chi connectivity index (χ3v) is 3.13. The molecular formula is C11H14ClN3O3. The Morgan fingerprint density at radius 3 is 2.89 bits per heavy atom. The van der Waals surface area contributed by atoms with E-state index in [0.717, 1.165) is 0 Å². The quantitative estimate of drug-likeness (QED) is 0.469. The summed E-state index contributed by atoms with van der Waals surface area (Å²) in [7, 11) is 0. The fraction of sp³-hybridized carbons (Fsp3) is 0.545. The van der Waals surface area contributed by atoms with Gasteiger partial charge in [0.05, 0.1) is 23.7 Å². The highest BCUT2D eigenvalue weighted by molar-refractivity contribution is 6.29. The van der Waals surface area contributed by atoms with Crippen molar-refractivity contribution in [1.82, 2.24) is 4.98 Å². The molecule has 0 radical (unpaired) electrons. The number of aromatic nitrogens is 1. The maximum atomic E-state index is 11.1. The molecule has 18 heavy (non-hydrogen) atoms. The summed E-state index contributed by atoms with van der Waals surface area (Å²) in [6.07, 6.45) is 0. The van der Waals surface area contributed by atoms with Crippen LogP contribution >= 0.6 is 11.6 Å². The van der Waals surface area contributed by atoms with Gasteiger partial charge in [0.1, 0.15) is 5.15 Å². The molecule has 0 saturated carbocycles. The molecule has 2 rings (SSSR count). The minimum Gasteiger partial charge on any atom is -0.377 e. The maximum absolute atomic E-state index is 11.1. The van der Waals surface area contributed by atoms with Crippen molar-refractivity contribution in [3.8, 4) is 0 Å². The van der Waals surface area contributed by atoms with Crippen LogP contribution in [0, 0.1) is 10.1 Å². The lowest BCUT2D eigenvalue weighted by Gasteiger charge is -2.42. The van der Waals surface area contributed by atoms with Crippen molar-refractivity contribution in [2.24, 2.45) is 0 Å². The topological polar surface area (TPSA) is 68.5 Å². The molecule has 1 aliphatic rings. The molecule has 7 heteroatoms. The van der Waals surface area contributed by atoms with Crippen LogP contribution in [0.5, 0.6) is 0 Å². The highest BCUT2D eigenvalue weighted by atomic mass is 35.5. The molecule has 0 N–H and O–H groups in total. The van der Waals surface area contributed by atoms with Gasteiger partial charge in [0, 0.05) is 12.6 Å². The highest BCUT2D eigenvalue weighted by Crippen LogP contribution is 2.33. The van der Waals surface area contributed by atoms with Gasteiger partial charge in [-0.05, 0) is 19.9 Å². The lowest BCUT2D eigenvalue weighted by Crippen LogP contribution is -2.53. The zero-order valence-corrected chi connectivity index (χ0v) is 11.0. The molecule has 0 aliphatic carbocycles. The normalized spacial score (nSPS) is 18.7. The van der Waals surface area contributed by atoms with Gasteiger partial charge in [0.25, 0.3) is 0 Å². The number of hydrogen-bond donors (Lipinski definition) is 0. The van der Waals surface area contributed by atoms with Crippen LogP contribution in [0.25, 0.3) is 0 Å². The molecule has 0 spiro atoms. The van der Waals surface area contributed by atoms with Crippen LogP contribution in [-0.4, -0.2) is 35.2 Å². The molecule has 0 amide bonds. The number of ether oxygens (including phenoxy) is 1. The van der Waals surface area contributed by atoms with E-state index in [0.29, 0.717) is 25.6 Å². The number of rotatable bonds is 2. The smallest absolute Gasteiger partial charge is 0.311 e. The van der Waals surface area contributed by atoms with Gasteiger partial charge in [-0.1, -0.05) is 11.6 Å². The van der Waals surface area contributed by atoms with E-state index in [4.69, 9.17) is 16.3 Å². The maximum Gasteiger partial charge on any atom is 0.311 e. The first-order valence-electron chi connectivity index (χ1n) is 5.58. The molecule has 1 aliphatic heterocycles. The molecule has 1 aromatic rings. The molecule has 98 valence electrons. The molecule has 6 nitrogen and oxygen atoms in total. The lowest BCUT2D eigenvalue weighted by atomic mass is 10.0. The van der Waals surface area contributed by atoms with Gasteiger partial charge >= 0.3 is 5.69 Å². The third kappa shape index (κ3) is 2.39. The highest BCUT2D eigenvalue weighted by Gasteiger charge is 2.35. The van der Waals surface area contributed by atoms with Gasteiger partial charge in [-0.3, -0.25) is 10.1 Å². The van der Waals surface area contributed by atoms with Gasteiger partial charge in [-0.25, -0.2) is 4.98 Å². The molecule has 0 bridgehead atoms. The standard InChI is InChI=1S/C11H14ClN3O3/c1-11(2)7-18-6-5-14(11)10-8(15(16)17)3-4-9(12)13-10/h3-4H,5-7H2,1-2H3. The number of morpholine rings is 1. The summed E-state index contributed by atoms with van der Waals surface area (Å²) in [5.41, 5.74) is -0.380. The second-order valence-electron chi connectivity index (χ2n) is 4.75. The van der Waals surface area contributed by atoms with Crippen LogP contribution < -0.4 is 4.90 Å². The second kappa shape index (κ2) is 4.70. The Kier molecular flexibility index (Phi) is 3.41. The Labute approximate surface area is 110 Å². The van der Waals surface area contributed by atoms with E-state index >= 15 is 0 Å². The van der Waals surface area contributed by atoms with Crippen molar-refractivity contribution < 1.29 is 9.66 Å². The van der Waals surface area contributed by atoms with Crippen LogP contribution in [0.2, 0.25) is 5.15 Å². The number of hydrogen-bond acceptors (Lipinski definition) is 5. The summed E-state index contributed by atoms with van der Waals surface area (Å²) in [6, 6.07) is 2.81. The molecule has 1 fully saturated rings. The van der Waals surface area contributed by atoms with E-state index in [-0.39, 0.29) is 16.4 Å². The van der Waals surface area contributed by atoms with Gasteiger partial charge in [0.2, 0.25) is 5.82 Å². The number of halogens is 1. The number of anilines is 1. The van der Waals surface area contributed by atoms with E-state index in [2.05, 4.69) is 4.98 Å². The van der Waals surface area contributed by atoms with Crippen LogP contribution in [0.1, 0.15) is 13.8 Å². The van der Waals surface area contributed by atoms with Crippen LogP contribution in [0.15, 0.2) is 12.1 Å². The monoisotopic (exact) mass is 271 g/mol. The average molecular weight is 272 g/mol. The Morgan fingerprint density at radius 2 is 2.28 bits per heavy atom. The average Bonchev–Trinajstić information content (AvgIpc) is 2.27. The zero-order chi connectivity index (χ0) is 13.3. The zero-order valence-electron chi connectivity index (χ0n) is 10.2. The largest absolute Gasteiger partial charge is 0.377 e. The fourth-order valence-electron chi connectivity index (χ4n) is 2.01. The molecule has 1 saturated heterocycles. The van der Waals surface area contributed by atoms with E-state index in [1.165, 1.54) is 12.1 Å². The van der Waals surface area contributed by atoms with Crippen molar-refractivity contribution in [2.75, 3.05) is 24.7 Å². The Morgan fingerprint density at radius 1 is 1.56 bits per heavy atom. The van der Waals surface area contributed by atoms with Crippen molar-refractivity contribution in [3.63, 3.8) is 0 Å². The summed E-state index contributed by atoms with van der Waals surface area (Å²) in [5.74, 6) is 0.306. The first-order chi connectivity index (χ1) is 8.42. The second-order valence-corrected chi connectivity index (χ2v) is 5.14. The van der Waals surface area contributed by atoms with Gasteiger partial charge in [0.15, 0.2) is 0 Å². The lowest BCUT2D eigenvalue weighted by molar-refractivity contribution is -0.384. The summed E-state index contributed by atoms with van der Waals surface area (Å²) in [5, 5.41) is 11.3. The van der Waals surface area contributed by atoms with Crippen LogP contribution in [0.4, 0.5) is 11.5 Å². The first kappa shape index (κ1) is 13.0. The van der Waals surface area contributed by atoms with E-state index in [9.17, 15) is 10.1 Å². The third-order valence-electron chi connectivity index (χ3n) is 2.92.